The minimum Gasteiger partial charge on any atom is -0.460 e. The lowest BCUT2D eigenvalue weighted by atomic mass is 10.1. The first-order valence-corrected chi connectivity index (χ1v) is 5.40. The lowest BCUT2D eigenvalue weighted by molar-refractivity contribution is -0.137. The zero-order valence-corrected chi connectivity index (χ0v) is 10.4. The average molecular weight is 261 g/mol. The summed E-state index contributed by atoms with van der Waals surface area (Å²) in [4.78, 5) is 22.8. The van der Waals surface area contributed by atoms with E-state index in [2.05, 4.69) is 4.74 Å². The van der Waals surface area contributed by atoms with Crippen LogP contribution in [0.15, 0.2) is 12.1 Å². The lowest BCUT2D eigenvalue weighted by Crippen LogP contribution is -2.18. The molecule has 0 amide bonds. The van der Waals surface area contributed by atoms with Gasteiger partial charge < -0.3 is 4.74 Å². The van der Waals surface area contributed by atoms with Gasteiger partial charge in [-0.25, -0.2) is 4.79 Å². The van der Waals surface area contributed by atoms with Crippen LogP contribution in [0, 0.1) is 6.92 Å². The first-order chi connectivity index (χ1) is 7.49. The maximum atomic E-state index is 11.6. The van der Waals surface area contributed by atoms with Gasteiger partial charge >= 0.3 is 5.97 Å². The molecule has 0 radical (unpaired) electrons. The predicted molar refractivity (Wildman–Crippen MR) is 62.2 cm³/mol. The van der Waals surface area contributed by atoms with Gasteiger partial charge in [0.2, 0.25) is 0 Å². The Labute approximate surface area is 103 Å². The topological polar surface area (TPSA) is 43.4 Å². The Morgan fingerprint density at radius 1 is 1.31 bits per heavy atom. The van der Waals surface area contributed by atoms with Crippen molar-refractivity contribution in [2.24, 2.45) is 0 Å². The lowest BCUT2D eigenvalue weighted by Gasteiger charge is -2.06. The summed E-state index contributed by atoms with van der Waals surface area (Å²) in [5.41, 5.74) is 0.681. The van der Waals surface area contributed by atoms with Crippen molar-refractivity contribution in [2.75, 3.05) is 6.61 Å². The number of ether oxygens (including phenoxy) is 1. The van der Waals surface area contributed by atoms with Crippen molar-refractivity contribution in [2.45, 2.75) is 13.8 Å². The molecule has 3 nitrogen and oxygen atoms in total. The fraction of sp³-hybridized carbons (Fsp3) is 0.273. The van der Waals surface area contributed by atoms with Crippen LogP contribution in [0.3, 0.4) is 0 Å². The molecule has 0 heterocycles. The molecule has 0 unspecified atom stereocenters. The molecule has 0 N–H and O–H groups in total. The van der Waals surface area contributed by atoms with Gasteiger partial charge in [0.05, 0.1) is 11.6 Å². The number of carbonyl (C=O) groups excluding carboxylic acids is 2. The standard InChI is InChI=1S/C11H10Cl2O3/c1-3-16-11(15)10(14)7-4-5-8(12)6(2)9(7)13/h4-5H,3H2,1-2H3. The third-order valence-corrected chi connectivity index (χ3v) is 2.92. The number of halogens is 2. The normalized spacial score (nSPS) is 10.0. The summed E-state index contributed by atoms with van der Waals surface area (Å²) in [6, 6.07) is 2.94. The molecule has 0 spiro atoms. The van der Waals surface area contributed by atoms with Crippen LogP contribution in [-0.2, 0) is 9.53 Å². The molecule has 0 saturated carbocycles. The summed E-state index contributed by atoms with van der Waals surface area (Å²) in [6.45, 7) is 3.45. The van der Waals surface area contributed by atoms with E-state index in [1.165, 1.54) is 12.1 Å². The van der Waals surface area contributed by atoms with Gasteiger partial charge in [-0.15, -0.1) is 0 Å². The molecular formula is C11H10Cl2O3. The Bertz CT molecular complexity index is 441. The number of benzene rings is 1. The van der Waals surface area contributed by atoms with E-state index in [0.717, 1.165) is 0 Å². The molecule has 1 rings (SSSR count). The van der Waals surface area contributed by atoms with Gasteiger partial charge in [0, 0.05) is 10.6 Å². The number of Topliss-reactive ketones (excluding diaryl/α,β-unsaturated/α-hetero) is 1. The van der Waals surface area contributed by atoms with Crippen molar-refractivity contribution in [3.8, 4) is 0 Å². The maximum Gasteiger partial charge on any atom is 0.379 e. The number of hydrogen-bond acceptors (Lipinski definition) is 3. The first-order valence-electron chi connectivity index (χ1n) is 4.65. The van der Waals surface area contributed by atoms with Gasteiger partial charge in [-0.05, 0) is 31.5 Å². The fourth-order valence-electron chi connectivity index (χ4n) is 1.14. The molecule has 86 valence electrons. The van der Waals surface area contributed by atoms with E-state index in [4.69, 9.17) is 23.2 Å². The van der Waals surface area contributed by atoms with Gasteiger partial charge in [0.15, 0.2) is 0 Å². The molecule has 0 saturated heterocycles. The quantitative estimate of drug-likeness (QED) is 0.477. The third kappa shape index (κ3) is 2.54. The Morgan fingerprint density at radius 2 is 1.94 bits per heavy atom. The molecule has 0 aliphatic rings. The van der Waals surface area contributed by atoms with E-state index < -0.39 is 11.8 Å². The summed E-state index contributed by atoms with van der Waals surface area (Å²) in [5.74, 6) is -1.67. The largest absolute Gasteiger partial charge is 0.460 e. The molecule has 0 bridgehead atoms. The monoisotopic (exact) mass is 260 g/mol. The van der Waals surface area contributed by atoms with Crippen LogP contribution in [0.2, 0.25) is 10.0 Å². The van der Waals surface area contributed by atoms with Crippen molar-refractivity contribution in [1.82, 2.24) is 0 Å². The summed E-state index contributed by atoms with van der Waals surface area (Å²) in [7, 11) is 0. The Kier molecular flexibility index (Phi) is 4.33. The Balaban J connectivity index is 3.10. The third-order valence-electron chi connectivity index (χ3n) is 2.03. The van der Waals surface area contributed by atoms with E-state index in [-0.39, 0.29) is 17.2 Å². The Morgan fingerprint density at radius 3 is 2.50 bits per heavy atom. The van der Waals surface area contributed by atoms with Crippen LogP contribution in [-0.4, -0.2) is 18.4 Å². The van der Waals surface area contributed by atoms with Crippen LogP contribution in [0.1, 0.15) is 22.8 Å². The highest BCUT2D eigenvalue weighted by Gasteiger charge is 2.21. The molecule has 16 heavy (non-hydrogen) atoms. The summed E-state index contributed by atoms with van der Waals surface area (Å²) >= 11 is 11.7. The smallest absolute Gasteiger partial charge is 0.379 e. The number of rotatable bonds is 3. The summed E-state index contributed by atoms with van der Waals surface area (Å²) < 4.78 is 4.60. The van der Waals surface area contributed by atoms with Gasteiger partial charge in [0.1, 0.15) is 0 Å². The van der Waals surface area contributed by atoms with E-state index in [1.54, 1.807) is 13.8 Å². The molecule has 0 aliphatic heterocycles. The zero-order chi connectivity index (χ0) is 12.3. The van der Waals surface area contributed by atoms with Crippen molar-refractivity contribution < 1.29 is 14.3 Å². The minimum absolute atomic E-state index is 0.113. The summed E-state index contributed by atoms with van der Waals surface area (Å²) in [6.07, 6.45) is 0. The predicted octanol–water partition coefficient (Wildman–Crippen LogP) is 3.05. The SMILES string of the molecule is CCOC(=O)C(=O)c1ccc(Cl)c(C)c1Cl. The van der Waals surface area contributed by atoms with Crippen molar-refractivity contribution in [1.29, 1.82) is 0 Å². The van der Waals surface area contributed by atoms with Crippen LogP contribution in [0.25, 0.3) is 0 Å². The van der Waals surface area contributed by atoms with Crippen LogP contribution < -0.4 is 0 Å². The highest BCUT2D eigenvalue weighted by molar-refractivity contribution is 6.46. The summed E-state index contributed by atoms with van der Waals surface area (Å²) in [5, 5.41) is 0.635. The second-order valence-corrected chi connectivity index (χ2v) is 3.87. The highest BCUT2D eigenvalue weighted by atomic mass is 35.5. The molecule has 0 fully saturated rings. The number of esters is 1. The molecule has 1 aromatic rings. The molecular weight excluding hydrogens is 251 g/mol. The zero-order valence-electron chi connectivity index (χ0n) is 8.84. The van der Waals surface area contributed by atoms with Gasteiger partial charge in [-0.3, -0.25) is 4.79 Å². The van der Waals surface area contributed by atoms with Gasteiger partial charge in [-0.1, -0.05) is 23.2 Å². The van der Waals surface area contributed by atoms with Crippen molar-refractivity contribution in [3.05, 3.63) is 33.3 Å². The van der Waals surface area contributed by atoms with Crippen molar-refractivity contribution in [3.63, 3.8) is 0 Å². The molecule has 1 aromatic carbocycles. The van der Waals surface area contributed by atoms with Crippen molar-refractivity contribution >= 4 is 35.0 Å². The van der Waals surface area contributed by atoms with E-state index >= 15 is 0 Å². The average Bonchev–Trinajstić information content (AvgIpc) is 2.26. The molecule has 0 aliphatic carbocycles. The van der Waals surface area contributed by atoms with E-state index in [1.807, 2.05) is 0 Å². The molecule has 0 atom stereocenters. The maximum absolute atomic E-state index is 11.6. The number of ketones is 1. The van der Waals surface area contributed by atoms with Crippen LogP contribution in [0.4, 0.5) is 0 Å². The fourth-order valence-corrected chi connectivity index (χ4v) is 1.60. The molecule has 5 heteroatoms. The van der Waals surface area contributed by atoms with Crippen LogP contribution >= 0.6 is 23.2 Å². The minimum atomic E-state index is -0.911. The van der Waals surface area contributed by atoms with E-state index in [9.17, 15) is 9.59 Å². The second kappa shape index (κ2) is 5.32. The number of hydrogen-bond donors (Lipinski definition) is 0. The first kappa shape index (κ1) is 13.0. The van der Waals surface area contributed by atoms with Gasteiger partial charge in [0.25, 0.3) is 5.78 Å². The van der Waals surface area contributed by atoms with Crippen LogP contribution in [0.5, 0.6) is 0 Å². The number of carbonyl (C=O) groups is 2. The molecule has 0 aromatic heterocycles. The highest BCUT2D eigenvalue weighted by Crippen LogP contribution is 2.27. The van der Waals surface area contributed by atoms with Gasteiger partial charge in [-0.2, -0.15) is 0 Å². The van der Waals surface area contributed by atoms with E-state index in [0.29, 0.717) is 10.6 Å². The Hall–Kier alpha value is -1.06. The second-order valence-electron chi connectivity index (χ2n) is 3.08.